The quantitative estimate of drug-likeness (QED) is 0.0523. The molecule has 3 atom stereocenters. The summed E-state index contributed by atoms with van der Waals surface area (Å²) in [4.78, 5) is 70.9. The first kappa shape index (κ1) is 49.6. The smallest absolute Gasteiger partial charge is 0.493 e. The van der Waals surface area contributed by atoms with Crippen molar-refractivity contribution in [3.05, 3.63) is 196 Å². The summed E-state index contributed by atoms with van der Waals surface area (Å²) in [6.45, 7) is 0.0609. The minimum Gasteiger partial charge on any atom is -0.493 e. The molecule has 6 aromatic carbocycles. The number of likely N-dealkylation sites (N-methyl/N-ethyl adjacent to an activating group) is 2. The van der Waals surface area contributed by atoms with Crippen molar-refractivity contribution in [2.75, 3.05) is 21.2 Å². The van der Waals surface area contributed by atoms with Gasteiger partial charge in [0.1, 0.15) is 43.7 Å². The number of aliphatic carboxylic acids is 1. The molecular formula is C53H52ClN3O11. The van der Waals surface area contributed by atoms with Gasteiger partial charge >= 0.3 is 18.2 Å². The van der Waals surface area contributed by atoms with Gasteiger partial charge in [-0.2, -0.15) is 0 Å². The van der Waals surface area contributed by atoms with E-state index in [-0.39, 0.29) is 55.6 Å². The molecule has 0 aliphatic rings. The van der Waals surface area contributed by atoms with Crippen LogP contribution in [-0.4, -0.2) is 84.3 Å². The van der Waals surface area contributed by atoms with Crippen LogP contribution in [0.15, 0.2) is 158 Å². The number of amides is 3. The van der Waals surface area contributed by atoms with Crippen molar-refractivity contribution in [3.8, 4) is 17.2 Å². The molecule has 15 heteroatoms. The predicted octanol–water partition coefficient (Wildman–Crippen LogP) is 8.70. The molecule has 3 amide bonds. The minimum absolute atomic E-state index is 0.0122. The number of carbonyl (C=O) groups excluding carboxylic acids is 4. The van der Waals surface area contributed by atoms with Gasteiger partial charge in [0.05, 0.1) is 12.1 Å². The summed E-state index contributed by atoms with van der Waals surface area (Å²) in [7, 11) is 4.24. The Hall–Kier alpha value is -7.84. The maximum absolute atomic E-state index is 14.9. The van der Waals surface area contributed by atoms with E-state index >= 15 is 0 Å². The summed E-state index contributed by atoms with van der Waals surface area (Å²) >= 11 is 7.07. The third-order valence-electron chi connectivity index (χ3n) is 11.0. The number of carbonyl (C=O) groups is 5. The van der Waals surface area contributed by atoms with Crippen LogP contribution in [0.3, 0.4) is 0 Å². The van der Waals surface area contributed by atoms with E-state index < -0.39 is 48.2 Å². The average Bonchev–Trinajstić information content (AvgIpc) is 3.36. The second kappa shape index (κ2) is 24.6. The van der Waals surface area contributed by atoms with E-state index in [1.165, 1.54) is 38.2 Å². The number of rotatable bonds is 21. The Morgan fingerprint density at radius 2 is 1.07 bits per heavy atom. The van der Waals surface area contributed by atoms with Gasteiger partial charge in [0.25, 0.3) is 0 Å². The lowest BCUT2D eigenvalue weighted by atomic mass is 9.98. The number of halogens is 1. The highest BCUT2D eigenvalue weighted by Crippen LogP contribution is 2.39. The van der Waals surface area contributed by atoms with Crippen LogP contribution in [0.2, 0.25) is 5.02 Å². The Bertz CT molecular complexity index is 2600. The molecule has 6 rings (SSSR count). The van der Waals surface area contributed by atoms with Gasteiger partial charge in [-0.3, -0.25) is 9.59 Å². The Balaban J connectivity index is 1.30. The largest absolute Gasteiger partial charge is 0.514 e. The van der Waals surface area contributed by atoms with Crippen LogP contribution in [0.25, 0.3) is 0 Å². The van der Waals surface area contributed by atoms with Crippen LogP contribution in [0.5, 0.6) is 17.2 Å². The van der Waals surface area contributed by atoms with Gasteiger partial charge in [0.2, 0.25) is 11.8 Å². The number of carboxylic acid groups (broad SMARTS) is 1. The van der Waals surface area contributed by atoms with E-state index in [1.807, 2.05) is 66.7 Å². The Morgan fingerprint density at radius 3 is 1.62 bits per heavy atom. The Labute approximate surface area is 399 Å². The molecule has 0 saturated heterocycles. The minimum atomic E-state index is -1.37. The van der Waals surface area contributed by atoms with Gasteiger partial charge in [0.15, 0.2) is 11.5 Å². The molecule has 0 heterocycles. The first-order chi connectivity index (χ1) is 32.9. The molecule has 0 saturated carbocycles. The number of nitrogens with zero attached hydrogens (tertiary/aromatic N) is 2. The highest BCUT2D eigenvalue weighted by Gasteiger charge is 2.38. The molecule has 2 N–H and O–H groups in total. The van der Waals surface area contributed by atoms with Gasteiger partial charge < -0.3 is 43.9 Å². The summed E-state index contributed by atoms with van der Waals surface area (Å²) in [5.41, 5.74) is 3.96. The Morgan fingerprint density at radius 1 is 0.574 bits per heavy atom. The molecule has 0 aliphatic heterocycles. The van der Waals surface area contributed by atoms with Gasteiger partial charge in [0, 0.05) is 33.4 Å². The lowest BCUT2D eigenvalue weighted by molar-refractivity contribution is -0.153. The number of benzene rings is 6. The van der Waals surface area contributed by atoms with E-state index in [2.05, 4.69) is 5.32 Å². The third kappa shape index (κ3) is 14.1. The maximum atomic E-state index is 14.9. The summed E-state index contributed by atoms with van der Waals surface area (Å²) in [6.07, 6.45) is -2.16. The Kier molecular flexibility index (Phi) is 18.0. The van der Waals surface area contributed by atoms with Crippen molar-refractivity contribution in [1.82, 2.24) is 15.1 Å². The van der Waals surface area contributed by atoms with Crippen LogP contribution in [-0.2, 0) is 62.9 Å². The summed E-state index contributed by atoms with van der Waals surface area (Å²) in [5.74, 6) is -1.98. The van der Waals surface area contributed by atoms with Gasteiger partial charge in [-0.1, -0.05) is 151 Å². The second-order valence-corrected chi connectivity index (χ2v) is 16.1. The number of hydrogen-bond donors (Lipinski definition) is 2. The van der Waals surface area contributed by atoms with Crippen molar-refractivity contribution in [2.45, 2.75) is 57.2 Å². The van der Waals surface area contributed by atoms with Crippen LogP contribution in [0, 0.1) is 0 Å². The number of methoxy groups -OCH3 is 1. The van der Waals surface area contributed by atoms with Crippen molar-refractivity contribution in [3.63, 3.8) is 0 Å². The van der Waals surface area contributed by atoms with E-state index in [0.717, 1.165) is 16.0 Å². The SMILES string of the molecule is COc1ccc(C[C@H](C(=O)N(C)[C@@H](Cc2ccccc2)C(=O)O)N(C)C(=O)[C@@H](Cc2ccc(OC(=O)OCc3ccccc3)cc2)NC(=O)OCc2ccccc2)c(Cl)c1OCc1ccccc1. The zero-order valence-corrected chi connectivity index (χ0v) is 38.5. The van der Waals surface area contributed by atoms with E-state index in [9.17, 15) is 29.1 Å². The molecular weight excluding hydrogens is 890 g/mol. The van der Waals surface area contributed by atoms with E-state index in [4.69, 9.17) is 35.3 Å². The lowest BCUT2D eigenvalue weighted by Crippen LogP contribution is -2.58. The zero-order valence-electron chi connectivity index (χ0n) is 37.8. The molecule has 352 valence electrons. The molecule has 0 bridgehead atoms. The van der Waals surface area contributed by atoms with Crippen LogP contribution >= 0.6 is 11.6 Å². The fraction of sp³-hybridized carbons (Fsp3) is 0.226. The summed E-state index contributed by atoms with van der Waals surface area (Å²) < 4.78 is 27.9. The first-order valence-corrected chi connectivity index (χ1v) is 22.0. The van der Waals surface area contributed by atoms with Gasteiger partial charge in [-0.05, 0) is 51.6 Å². The number of nitrogens with one attached hydrogen (secondary N) is 1. The maximum Gasteiger partial charge on any atom is 0.514 e. The number of carboxylic acids is 1. The summed E-state index contributed by atoms with van der Waals surface area (Å²) in [6, 6.07) is 41.9. The monoisotopic (exact) mass is 941 g/mol. The predicted molar refractivity (Wildman–Crippen MR) is 254 cm³/mol. The van der Waals surface area contributed by atoms with Crippen molar-refractivity contribution < 1.29 is 52.8 Å². The normalized spacial score (nSPS) is 12.1. The topological polar surface area (TPSA) is 170 Å². The van der Waals surface area contributed by atoms with Crippen molar-refractivity contribution >= 4 is 41.6 Å². The molecule has 0 fully saturated rings. The van der Waals surface area contributed by atoms with Crippen LogP contribution in [0.1, 0.15) is 33.4 Å². The highest BCUT2D eigenvalue weighted by atomic mass is 35.5. The molecule has 0 unspecified atom stereocenters. The molecule has 0 aliphatic carbocycles. The second-order valence-electron chi connectivity index (χ2n) is 15.7. The molecule has 68 heavy (non-hydrogen) atoms. The van der Waals surface area contributed by atoms with E-state index in [1.54, 1.807) is 78.9 Å². The fourth-order valence-electron chi connectivity index (χ4n) is 7.25. The third-order valence-corrected chi connectivity index (χ3v) is 11.5. The molecule has 0 aromatic heterocycles. The highest BCUT2D eigenvalue weighted by molar-refractivity contribution is 6.33. The summed E-state index contributed by atoms with van der Waals surface area (Å²) in [5, 5.41) is 13.3. The first-order valence-electron chi connectivity index (χ1n) is 21.7. The molecule has 0 spiro atoms. The lowest BCUT2D eigenvalue weighted by Gasteiger charge is -2.35. The molecule has 0 radical (unpaired) electrons. The standard InChI is InChI=1S/C53H52ClN3O11/c1-56(49(58)43(55-52(62)66-34-39-20-12-6-13-21-39)30-37-24-27-42(28-25-37)68-53(63)67-35-40-22-14-7-15-23-40)44(50(59)57(2)45(51(60)61)31-36-16-8-4-9-17-36)32-41-26-29-46(64-3)48(47(41)54)65-33-38-18-10-5-11-19-38/h4-29,43-45H,30-35H2,1-3H3,(H,55,62)(H,60,61)/t43-,44-,45+/m1/s1. The molecule has 6 aromatic rings. The van der Waals surface area contributed by atoms with Crippen molar-refractivity contribution in [2.24, 2.45) is 0 Å². The fourth-order valence-corrected chi connectivity index (χ4v) is 7.54. The number of ether oxygens (including phenoxy) is 5. The van der Waals surface area contributed by atoms with Crippen molar-refractivity contribution in [1.29, 1.82) is 0 Å². The average molecular weight is 942 g/mol. The number of hydrogen-bond acceptors (Lipinski definition) is 10. The van der Waals surface area contributed by atoms with Crippen LogP contribution in [0.4, 0.5) is 9.59 Å². The van der Waals surface area contributed by atoms with E-state index in [0.29, 0.717) is 28.0 Å². The number of alkyl carbamates (subject to hydrolysis) is 1. The van der Waals surface area contributed by atoms with Gasteiger partial charge in [-0.15, -0.1) is 0 Å². The van der Waals surface area contributed by atoms with Crippen LogP contribution < -0.4 is 19.5 Å². The molecule has 14 nitrogen and oxygen atoms in total. The zero-order chi connectivity index (χ0) is 48.4. The van der Waals surface area contributed by atoms with Gasteiger partial charge in [-0.25, -0.2) is 14.4 Å².